The van der Waals surface area contributed by atoms with Gasteiger partial charge in [0.2, 0.25) is 0 Å². The van der Waals surface area contributed by atoms with Gasteiger partial charge < -0.3 is 15.4 Å². The number of hydrogen-bond donors (Lipinski definition) is 1. The first kappa shape index (κ1) is 14.8. The van der Waals surface area contributed by atoms with Gasteiger partial charge in [0.05, 0.1) is 24.8 Å². The van der Waals surface area contributed by atoms with Crippen molar-refractivity contribution in [3.05, 3.63) is 35.4 Å². The normalized spacial score (nSPS) is 20.0. The average molecular weight is 288 g/mol. The first-order valence-electron chi connectivity index (χ1n) is 6.19. The van der Waals surface area contributed by atoms with Crippen molar-refractivity contribution in [1.82, 2.24) is 4.90 Å². The molecule has 4 nitrogen and oxygen atoms in total. The summed E-state index contributed by atoms with van der Waals surface area (Å²) < 4.78 is 43.2. The Balaban J connectivity index is 2.24. The van der Waals surface area contributed by atoms with Crippen molar-refractivity contribution in [2.45, 2.75) is 12.2 Å². The van der Waals surface area contributed by atoms with Crippen LogP contribution in [0.25, 0.3) is 0 Å². The zero-order valence-corrected chi connectivity index (χ0v) is 10.7. The summed E-state index contributed by atoms with van der Waals surface area (Å²) in [7, 11) is 0. The maximum atomic E-state index is 12.7. The molecule has 2 N–H and O–H groups in total. The fourth-order valence-electron chi connectivity index (χ4n) is 2.11. The van der Waals surface area contributed by atoms with Crippen LogP contribution >= 0.6 is 0 Å². The molecule has 0 saturated carbocycles. The summed E-state index contributed by atoms with van der Waals surface area (Å²) in [5.41, 5.74) is 4.74. The van der Waals surface area contributed by atoms with E-state index in [-0.39, 0.29) is 18.2 Å². The molecule has 1 amide bonds. The summed E-state index contributed by atoms with van der Waals surface area (Å²) in [6.07, 6.45) is -4.46. The molecule has 1 unspecified atom stereocenters. The summed E-state index contributed by atoms with van der Waals surface area (Å²) in [5, 5.41) is 0. The van der Waals surface area contributed by atoms with Gasteiger partial charge in [-0.25, -0.2) is 0 Å². The molecule has 1 aliphatic heterocycles. The number of benzene rings is 1. The van der Waals surface area contributed by atoms with E-state index < -0.39 is 17.6 Å². The largest absolute Gasteiger partial charge is 0.416 e. The van der Waals surface area contributed by atoms with Crippen LogP contribution in [0.15, 0.2) is 24.3 Å². The Morgan fingerprint density at radius 3 is 2.85 bits per heavy atom. The van der Waals surface area contributed by atoms with Crippen molar-refractivity contribution in [3.8, 4) is 0 Å². The molecule has 0 spiro atoms. The number of nitrogens with two attached hydrogens (primary N) is 1. The predicted molar refractivity (Wildman–Crippen MR) is 66.1 cm³/mol. The average Bonchev–Trinajstić information content (AvgIpc) is 2.45. The summed E-state index contributed by atoms with van der Waals surface area (Å²) >= 11 is 0. The number of halogens is 3. The summed E-state index contributed by atoms with van der Waals surface area (Å²) in [4.78, 5) is 13.8. The van der Waals surface area contributed by atoms with Gasteiger partial charge in [0.1, 0.15) is 0 Å². The van der Waals surface area contributed by atoms with E-state index >= 15 is 0 Å². The lowest BCUT2D eigenvalue weighted by atomic mass is 10.1. The lowest BCUT2D eigenvalue weighted by Gasteiger charge is -2.35. The summed E-state index contributed by atoms with van der Waals surface area (Å²) in [6, 6.07) is 4.11. The first-order valence-corrected chi connectivity index (χ1v) is 6.19. The van der Waals surface area contributed by atoms with Crippen LogP contribution < -0.4 is 5.73 Å². The smallest absolute Gasteiger partial charge is 0.377 e. The van der Waals surface area contributed by atoms with Crippen LogP contribution in [-0.4, -0.2) is 43.2 Å². The zero-order valence-electron chi connectivity index (χ0n) is 10.7. The van der Waals surface area contributed by atoms with E-state index in [1.165, 1.54) is 17.0 Å². The van der Waals surface area contributed by atoms with Crippen LogP contribution in [0.4, 0.5) is 13.2 Å². The van der Waals surface area contributed by atoms with Gasteiger partial charge in [-0.1, -0.05) is 6.07 Å². The molecule has 110 valence electrons. The molecule has 1 heterocycles. The number of hydrogen-bond acceptors (Lipinski definition) is 3. The van der Waals surface area contributed by atoms with Gasteiger partial charge >= 0.3 is 6.18 Å². The van der Waals surface area contributed by atoms with E-state index in [1.54, 1.807) is 0 Å². The highest BCUT2D eigenvalue weighted by atomic mass is 19.4. The molecule has 7 heteroatoms. The highest BCUT2D eigenvalue weighted by molar-refractivity contribution is 5.94. The van der Waals surface area contributed by atoms with Crippen LogP contribution in [0.5, 0.6) is 0 Å². The molecule has 1 aromatic rings. The summed E-state index contributed by atoms with van der Waals surface area (Å²) in [6.45, 7) is 1.21. The zero-order chi connectivity index (χ0) is 14.8. The Bertz CT molecular complexity index is 491. The molecule has 20 heavy (non-hydrogen) atoms. The van der Waals surface area contributed by atoms with Gasteiger partial charge in [0, 0.05) is 18.7 Å². The minimum atomic E-state index is -4.46. The molecule has 0 aliphatic carbocycles. The Kier molecular flexibility index (Phi) is 4.29. The van der Waals surface area contributed by atoms with Crippen LogP contribution in [0.1, 0.15) is 15.9 Å². The van der Waals surface area contributed by atoms with Crippen molar-refractivity contribution < 1.29 is 22.7 Å². The molecule has 1 saturated heterocycles. The van der Waals surface area contributed by atoms with E-state index in [2.05, 4.69) is 0 Å². The Labute approximate surface area is 114 Å². The third kappa shape index (κ3) is 3.10. The quantitative estimate of drug-likeness (QED) is 0.897. The third-order valence-electron chi connectivity index (χ3n) is 3.20. The third-order valence-corrected chi connectivity index (χ3v) is 3.20. The number of morpholine rings is 1. The number of rotatable bonds is 2. The minimum Gasteiger partial charge on any atom is -0.377 e. The number of nitrogens with zero attached hydrogens (tertiary/aromatic N) is 1. The number of carbonyl (C=O) groups excluding carboxylic acids is 1. The standard InChI is InChI=1S/C13H15F3N2O2/c14-13(15,16)10-3-1-2-9(6-10)12(19)18-4-5-20-8-11(18)7-17/h1-3,6,11H,4-5,7-8,17H2. The second-order valence-electron chi connectivity index (χ2n) is 4.54. The fraction of sp³-hybridized carbons (Fsp3) is 0.462. The molecule has 1 aliphatic rings. The fourth-order valence-corrected chi connectivity index (χ4v) is 2.11. The van der Waals surface area contributed by atoms with Gasteiger partial charge in [0.15, 0.2) is 0 Å². The number of amides is 1. The van der Waals surface area contributed by atoms with E-state index in [1.807, 2.05) is 0 Å². The number of alkyl halides is 3. The van der Waals surface area contributed by atoms with Crippen LogP contribution in [0, 0.1) is 0 Å². The Hall–Kier alpha value is -1.60. The van der Waals surface area contributed by atoms with Gasteiger partial charge in [0.25, 0.3) is 5.91 Å². The van der Waals surface area contributed by atoms with E-state index in [4.69, 9.17) is 10.5 Å². The maximum Gasteiger partial charge on any atom is 0.416 e. The SMILES string of the molecule is NCC1COCCN1C(=O)c1cccc(C(F)(F)F)c1. The second kappa shape index (κ2) is 5.80. The highest BCUT2D eigenvalue weighted by Crippen LogP contribution is 2.29. The van der Waals surface area contributed by atoms with Gasteiger partial charge in [-0.15, -0.1) is 0 Å². The molecule has 0 radical (unpaired) electrons. The van der Waals surface area contributed by atoms with Crippen molar-refractivity contribution >= 4 is 5.91 Å². The van der Waals surface area contributed by atoms with E-state index in [0.29, 0.717) is 19.8 Å². The van der Waals surface area contributed by atoms with Crippen LogP contribution in [0.3, 0.4) is 0 Å². The maximum absolute atomic E-state index is 12.7. The van der Waals surface area contributed by atoms with Crippen molar-refractivity contribution in [2.24, 2.45) is 5.73 Å². The lowest BCUT2D eigenvalue weighted by Crippen LogP contribution is -2.52. The molecule has 0 bridgehead atoms. The monoisotopic (exact) mass is 288 g/mol. The molecular weight excluding hydrogens is 273 g/mol. The number of carbonyl (C=O) groups is 1. The van der Waals surface area contributed by atoms with Crippen molar-refractivity contribution in [1.29, 1.82) is 0 Å². The van der Waals surface area contributed by atoms with Crippen molar-refractivity contribution in [3.63, 3.8) is 0 Å². The Morgan fingerprint density at radius 2 is 2.20 bits per heavy atom. The first-order chi connectivity index (χ1) is 9.43. The number of ether oxygens (including phenoxy) is 1. The highest BCUT2D eigenvalue weighted by Gasteiger charge is 2.32. The lowest BCUT2D eigenvalue weighted by molar-refractivity contribution is -0.137. The Morgan fingerprint density at radius 1 is 1.45 bits per heavy atom. The topological polar surface area (TPSA) is 55.6 Å². The molecule has 1 atom stereocenters. The molecule has 2 rings (SSSR count). The molecule has 1 fully saturated rings. The summed E-state index contributed by atoms with van der Waals surface area (Å²) in [5.74, 6) is -0.449. The van der Waals surface area contributed by atoms with Crippen LogP contribution in [0.2, 0.25) is 0 Å². The van der Waals surface area contributed by atoms with Gasteiger partial charge in [-0.3, -0.25) is 4.79 Å². The second-order valence-corrected chi connectivity index (χ2v) is 4.54. The molecular formula is C13H15F3N2O2. The molecule has 0 aromatic heterocycles. The molecule has 1 aromatic carbocycles. The van der Waals surface area contributed by atoms with Crippen LogP contribution in [-0.2, 0) is 10.9 Å². The van der Waals surface area contributed by atoms with Gasteiger partial charge in [-0.05, 0) is 18.2 Å². The predicted octanol–water partition coefficient (Wildman–Crippen LogP) is 1.51. The van der Waals surface area contributed by atoms with Crippen molar-refractivity contribution in [2.75, 3.05) is 26.3 Å². The van der Waals surface area contributed by atoms with E-state index in [0.717, 1.165) is 12.1 Å². The minimum absolute atomic E-state index is 0.0141. The van der Waals surface area contributed by atoms with E-state index in [9.17, 15) is 18.0 Å². The van der Waals surface area contributed by atoms with Gasteiger partial charge in [-0.2, -0.15) is 13.2 Å².